The molecule has 1 unspecified atom stereocenters. The van der Waals surface area contributed by atoms with Crippen molar-refractivity contribution in [3.8, 4) is 0 Å². The zero-order valence-electron chi connectivity index (χ0n) is 11.3. The molecular weight excluding hydrogens is 230 g/mol. The van der Waals surface area contributed by atoms with Gasteiger partial charge in [-0.25, -0.2) is 0 Å². The van der Waals surface area contributed by atoms with Crippen LogP contribution in [0.1, 0.15) is 43.2 Å². The van der Waals surface area contributed by atoms with Crippen LogP contribution in [0.15, 0.2) is 59.6 Å². The van der Waals surface area contributed by atoms with E-state index in [4.69, 9.17) is 4.99 Å². The SMILES string of the molecule is CCC1CCC(c2ccccc2)=Nc2ccccc21. The van der Waals surface area contributed by atoms with Crippen molar-refractivity contribution in [1.29, 1.82) is 0 Å². The van der Waals surface area contributed by atoms with Gasteiger partial charge in [-0.15, -0.1) is 0 Å². The average molecular weight is 249 g/mol. The minimum Gasteiger partial charge on any atom is -0.253 e. The van der Waals surface area contributed by atoms with Crippen LogP contribution >= 0.6 is 0 Å². The summed E-state index contributed by atoms with van der Waals surface area (Å²) in [5.74, 6) is 0.640. The molecule has 2 aromatic carbocycles. The van der Waals surface area contributed by atoms with Crippen LogP contribution in [0, 0.1) is 0 Å². The van der Waals surface area contributed by atoms with E-state index in [1.54, 1.807) is 0 Å². The Bertz CT molecular complexity index is 584. The molecule has 0 N–H and O–H groups in total. The van der Waals surface area contributed by atoms with Gasteiger partial charge in [-0.3, -0.25) is 4.99 Å². The molecule has 1 nitrogen and oxygen atoms in total. The van der Waals surface area contributed by atoms with Crippen LogP contribution in [0.5, 0.6) is 0 Å². The van der Waals surface area contributed by atoms with Crippen molar-refractivity contribution >= 4 is 11.4 Å². The Hall–Kier alpha value is -1.89. The van der Waals surface area contributed by atoms with Crippen molar-refractivity contribution in [1.82, 2.24) is 0 Å². The number of para-hydroxylation sites is 1. The molecule has 1 aliphatic heterocycles. The first-order valence-electron chi connectivity index (χ1n) is 7.10. The molecule has 1 atom stereocenters. The summed E-state index contributed by atoms with van der Waals surface area (Å²) < 4.78 is 0. The quantitative estimate of drug-likeness (QED) is 0.702. The standard InChI is InChI=1S/C18H19N/c1-2-14-12-13-17(15-8-4-3-5-9-15)19-18-11-7-6-10-16(14)18/h3-11,14H,2,12-13H2,1H3. The Balaban J connectivity index is 2.05. The van der Waals surface area contributed by atoms with Crippen LogP contribution in [0.2, 0.25) is 0 Å². The highest BCUT2D eigenvalue weighted by atomic mass is 14.8. The van der Waals surface area contributed by atoms with Gasteiger partial charge in [-0.05, 0) is 42.4 Å². The molecule has 96 valence electrons. The summed E-state index contributed by atoms with van der Waals surface area (Å²) in [5, 5.41) is 0. The van der Waals surface area contributed by atoms with E-state index >= 15 is 0 Å². The van der Waals surface area contributed by atoms with Crippen molar-refractivity contribution in [3.63, 3.8) is 0 Å². The molecule has 0 fully saturated rings. The number of nitrogens with zero attached hydrogens (tertiary/aromatic N) is 1. The predicted molar refractivity (Wildman–Crippen MR) is 81.3 cm³/mol. The summed E-state index contributed by atoms with van der Waals surface area (Å²) >= 11 is 0. The maximum absolute atomic E-state index is 4.92. The minimum atomic E-state index is 0.640. The van der Waals surface area contributed by atoms with Crippen molar-refractivity contribution in [3.05, 3.63) is 65.7 Å². The summed E-state index contributed by atoms with van der Waals surface area (Å²) in [7, 11) is 0. The van der Waals surface area contributed by atoms with Gasteiger partial charge in [-0.2, -0.15) is 0 Å². The molecule has 1 aliphatic rings. The highest BCUT2D eigenvalue weighted by molar-refractivity contribution is 6.02. The molecule has 0 spiro atoms. The maximum Gasteiger partial charge on any atom is 0.0667 e. The van der Waals surface area contributed by atoms with Crippen LogP contribution in [-0.2, 0) is 0 Å². The van der Waals surface area contributed by atoms with Gasteiger partial charge in [0.1, 0.15) is 0 Å². The second kappa shape index (κ2) is 5.40. The second-order valence-electron chi connectivity index (χ2n) is 5.13. The molecule has 19 heavy (non-hydrogen) atoms. The van der Waals surface area contributed by atoms with Gasteiger partial charge >= 0.3 is 0 Å². The zero-order chi connectivity index (χ0) is 13.1. The largest absolute Gasteiger partial charge is 0.253 e. The number of rotatable bonds is 2. The third kappa shape index (κ3) is 2.46. The van der Waals surface area contributed by atoms with Crippen molar-refractivity contribution in [2.45, 2.75) is 32.1 Å². The van der Waals surface area contributed by atoms with Crippen LogP contribution in [0.25, 0.3) is 0 Å². The first kappa shape index (κ1) is 12.2. The Kier molecular flexibility index (Phi) is 3.45. The van der Waals surface area contributed by atoms with Gasteiger partial charge in [-0.1, -0.05) is 55.5 Å². The number of hydrogen-bond donors (Lipinski definition) is 0. The number of aliphatic imine (C=N–C) groups is 1. The van der Waals surface area contributed by atoms with Gasteiger partial charge in [0, 0.05) is 5.71 Å². The molecular formula is C18H19N. The highest BCUT2D eigenvalue weighted by Gasteiger charge is 2.18. The van der Waals surface area contributed by atoms with Gasteiger partial charge in [0.05, 0.1) is 5.69 Å². The number of fused-ring (bicyclic) bond motifs is 1. The van der Waals surface area contributed by atoms with Crippen LogP contribution in [0.3, 0.4) is 0 Å². The van der Waals surface area contributed by atoms with Gasteiger partial charge in [0.15, 0.2) is 0 Å². The molecule has 0 aliphatic carbocycles. The predicted octanol–water partition coefficient (Wildman–Crippen LogP) is 5.09. The normalized spacial score (nSPS) is 18.4. The van der Waals surface area contributed by atoms with Gasteiger partial charge in [0.2, 0.25) is 0 Å². The lowest BCUT2D eigenvalue weighted by molar-refractivity contribution is 0.628. The lowest BCUT2D eigenvalue weighted by Crippen LogP contribution is -2.01. The molecule has 1 heterocycles. The lowest BCUT2D eigenvalue weighted by atomic mass is 9.90. The molecule has 0 bridgehead atoms. The van der Waals surface area contributed by atoms with E-state index < -0.39 is 0 Å². The molecule has 0 saturated carbocycles. The summed E-state index contributed by atoms with van der Waals surface area (Å²) in [6, 6.07) is 19.2. The van der Waals surface area contributed by atoms with Crippen molar-refractivity contribution in [2.75, 3.05) is 0 Å². The van der Waals surface area contributed by atoms with E-state index in [2.05, 4.69) is 61.5 Å². The van der Waals surface area contributed by atoms with Crippen LogP contribution < -0.4 is 0 Å². The smallest absolute Gasteiger partial charge is 0.0667 e. The Labute approximate surface area is 115 Å². The van der Waals surface area contributed by atoms with Gasteiger partial charge in [0.25, 0.3) is 0 Å². The summed E-state index contributed by atoms with van der Waals surface area (Å²) in [6.45, 7) is 2.27. The summed E-state index contributed by atoms with van der Waals surface area (Å²) in [5.41, 5.74) is 5.06. The fourth-order valence-corrected chi connectivity index (χ4v) is 2.87. The summed E-state index contributed by atoms with van der Waals surface area (Å²) in [6.07, 6.45) is 3.45. The van der Waals surface area contributed by atoms with Crippen molar-refractivity contribution in [2.24, 2.45) is 4.99 Å². The van der Waals surface area contributed by atoms with E-state index in [1.807, 2.05) is 0 Å². The third-order valence-electron chi connectivity index (χ3n) is 3.96. The Morgan fingerprint density at radius 2 is 1.74 bits per heavy atom. The second-order valence-corrected chi connectivity index (χ2v) is 5.13. The van der Waals surface area contributed by atoms with E-state index in [0.29, 0.717) is 5.92 Å². The van der Waals surface area contributed by atoms with E-state index in [9.17, 15) is 0 Å². The first-order valence-corrected chi connectivity index (χ1v) is 7.10. The highest BCUT2D eigenvalue weighted by Crippen LogP contribution is 2.36. The maximum atomic E-state index is 4.92. The summed E-state index contributed by atoms with van der Waals surface area (Å²) in [4.78, 5) is 4.92. The van der Waals surface area contributed by atoms with Gasteiger partial charge < -0.3 is 0 Å². The monoisotopic (exact) mass is 249 g/mol. The fraction of sp³-hybridized carbons (Fsp3) is 0.278. The van der Waals surface area contributed by atoms with Crippen molar-refractivity contribution < 1.29 is 0 Å². The molecule has 3 rings (SSSR count). The van der Waals surface area contributed by atoms with E-state index in [0.717, 1.165) is 12.1 Å². The molecule has 1 heteroatoms. The number of hydrogen-bond acceptors (Lipinski definition) is 1. The van der Waals surface area contributed by atoms with Crippen LogP contribution in [-0.4, -0.2) is 5.71 Å². The molecule has 0 amide bonds. The Morgan fingerprint density at radius 1 is 1.00 bits per heavy atom. The average Bonchev–Trinajstić information content (AvgIpc) is 2.67. The number of benzene rings is 2. The van der Waals surface area contributed by atoms with Crippen LogP contribution in [0.4, 0.5) is 5.69 Å². The zero-order valence-corrected chi connectivity index (χ0v) is 11.3. The molecule has 0 aromatic heterocycles. The minimum absolute atomic E-state index is 0.640. The topological polar surface area (TPSA) is 12.4 Å². The molecule has 0 radical (unpaired) electrons. The van der Waals surface area contributed by atoms with E-state index in [1.165, 1.54) is 29.7 Å². The molecule has 0 saturated heterocycles. The fourth-order valence-electron chi connectivity index (χ4n) is 2.87. The Morgan fingerprint density at radius 3 is 2.53 bits per heavy atom. The third-order valence-corrected chi connectivity index (χ3v) is 3.96. The van der Waals surface area contributed by atoms with E-state index in [-0.39, 0.29) is 0 Å². The molecule has 2 aromatic rings. The first-order chi connectivity index (χ1) is 9.38. The lowest BCUT2D eigenvalue weighted by Gasteiger charge is -2.13.